The van der Waals surface area contributed by atoms with Crippen molar-refractivity contribution in [2.45, 2.75) is 0 Å². The van der Waals surface area contributed by atoms with Crippen LogP contribution < -0.4 is 14.2 Å². The normalized spacial score (nSPS) is 10.7. The van der Waals surface area contributed by atoms with Gasteiger partial charge < -0.3 is 18.6 Å². The highest BCUT2D eigenvalue weighted by molar-refractivity contribution is 5.83. The van der Waals surface area contributed by atoms with Crippen LogP contribution in [0.2, 0.25) is 0 Å². The van der Waals surface area contributed by atoms with Crippen LogP contribution in [0.15, 0.2) is 59.7 Å². The molecule has 4 rings (SSSR count). The largest absolute Gasteiger partial charge is 0.493 e. The smallest absolute Gasteiger partial charge is 0.203 e. The van der Waals surface area contributed by atoms with Crippen LogP contribution in [0.1, 0.15) is 0 Å². The summed E-state index contributed by atoms with van der Waals surface area (Å²) in [5.41, 5.74) is 3.28. The number of nitrogens with zero attached hydrogens (tertiary/aromatic N) is 3. The predicted molar refractivity (Wildman–Crippen MR) is 103 cm³/mol. The minimum atomic E-state index is 0.499. The number of hydrogen-bond acceptors (Lipinski definition) is 6. The Morgan fingerprint density at radius 1 is 1.04 bits per heavy atom. The van der Waals surface area contributed by atoms with E-state index in [0.717, 1.165) is 28.1 Å². The molecule has 7 nitrogen and oxygen atoms in total. The Hall–Kier alpha value is -3.74. The summed E-state index contributed by atoms with van der Waals surface area (Å²) in [6.45, 7) is 0. The second-order valence-electron chi connectivity index (χ2n) is 5.85. The summed E-state index contributed by atoms with van der Waals surface area (Å²) in [6, 6.07) is 14.6. The van der Waals surface area contributed by atoms with E-state index in [2.05, 4.69) is 16.1 Å². The monoisotopic (exact) mass is 376 g/mol. The Morgan fingerprint density at radius 3 is 2.54 bits per heavy atom. The molecule has 1 radical (unpaired) electrons. The van der Waals surface area contributed by atoms with E-state index in [9.17, 15) is 0 Å². The van der Waals surface area contributed by atoms with E-state index < -0.39 is 0 Å². The van der Waals surface area contributed by atoms with Gasteiger partial charge in [0.1, 0.15) is 18.4 Å². The third-order valence-corrected chi connectivity index (χ3v) is 4.37. The number of benzene rings is 2. The molecule has 0 spiro atoms. The zero-order chi connectivity index (χ0) is 19.5. The molecule has 2 aromatic carbocycles. The lowest BCUT2D eigenvalue weighted by Crippen LogP contribution is -2.01. The zero-order valence-electron chi connectivity index (χ0n) is 15.7. The molecule has 4 aromatic rings. The van der Waals surface area contributed by atoms with E-state index in [-0.39, 0.29) is 0 Å². The van der Waals surface area contributed by atoms with Crippen LogP contribution in [0.5, 0.6) is 17.2 Å². The van der Waals surface area contributed by atoms with E-state index >= 15 is 0 Å². The van der Waals surface area contributed by atoms with Gasteiger partial charge in [-0.05, 0) is 30.3 Å². The summed E-state index contributed by atoms with van der Waals surface area (Å²) in [6.07, 6.45) is 4.76. The Morgan fingerprint density at radius 2 is 1.89 bits per heavy atom. The minimum absolute atomic E-state index is 0.499. The average Bonchev–Trinajstić information content (AvgIpc) is 3.46. The Labute approximate surface area is 162 Å². The lowest BCUT2D eigenvalue weighted by molar-refractivity contribution is 0.325. The molecule has 2 aromatic heterocycles. The van der Waals surface area contributed by atoms with Crippen LogP contribution in [0.4, 0.5) is 0 Å². The topological polar surface area (TPSA) is 71.5 Å². The van der Waals surface area contributed by atoms with Gasteiger partial charge >= 0.3 is 0 Å². The van der Waals surface area contributed by atoms with Gasteiger partial charge in [0.05, 0.1) is 33.3 Å². The number of rotatable bonds is 6. The first-order valence-electron chi connectivity index (χ1n) is 8.50. The summed E-state index contributed by atoms with van der Waals surface area (Å²) in [7, 11) is 4.73. The Balaban J connectivity index is 1.95. The molecule has 0 saturated heterocycles. The van der Waals surface area contributed by atoms with Crippen molar-refractivity contribution in [2.24, 2.45) is 0 Å². The van der Waals surface area contributed by atoms with Gasteiger partial charge in [0.2, 0.25) is 5.75 Å². The second-order valence-corrected chi connectivity index (χ2v) is 5.85. The van der Waals surface area contributed by atoms with Crippen molar-refractivity contribution in [1.82, 2.24) is 14.8 Å². The van der Waals surface area contributed by atoms with Crippen molar-refractivity contribution >= 4 is 0 Å². The summed E-state index contributed by atoms with van der Waals surface area (Å²) >= 11 is 0. The fourth-order valence-electron chi connectivity index (χ4n) is 3.10. The molecule has 0 unspecified atom stereocenters. The van der Waals surface area contributed by atoms with E-state index in [4.69, 9.17) is 18.6 Å². The van der Waals surface area contributed by atoms with E-state index in [0.29, 0.717) is 17.2 Å². The maximum absolute atomic E-state index is 5.64. The number of aromatic nitrogens is 3. The van der Waals surface area contributed by atoms with Crippen LogP contribution in [-0.4, -0.2) is 36.1 Å². The zero-order valence-corrected chi connectivity index (χ0v) is 15.7. The van der Waals surface area contributed by atoms with Crippen molar-refractivity contribution in [3.8, 4) is 45.4 Å². The lowest BCUT2D eigenvalue weighted by Gasteiger charge is -2.18. The summed E-state index contributed by atoms with van der Waals surface area (Å²) in [4.78, 5) is 4.07. The first kappa shape index (κ1) is 17.7. The molecule has 0 aliphatic rings. The first-order chi connectivity index (χ1) is 13.8. The van der Waals surface area contributed by atoms with Crippen LogP contribution in [0, 0.1) is 6.07 Å². The predicted octanol–water partition coefficient (Wildman–Crippen LogP) is 4.02. The van der Waals surface area contributed by atoms with Gasteiger partial charge in [-0.25, -0.2) is 9.67 Å². The Kier molecular flexibility index (Phi) is 4.72. The van der Waals surface area contributed by atoms with Gasteiger partial charge in [0, 0.05) is 16.7 Å². The molecule has 2 heterocycles. The third-order valence-electron chi connectivity index (χ3n) is 4.37. The van der Waals surface area contributed by atoms with E-state index in [1.807, 2.05) is 30.3 Å². The SMILES string of the molecule is COc1c[c]c(-c2ccc(-c3ccco3)cc2-n2cncn2)c(OC)c1OC. The van der Waals surface area contributed by atoms with E-state index in [1.165, 1.54) is 6.33 Å². The van der Waals surface area contributed by atoms with Crippen LogP contribution in [0.25, 0.3) is 28.1 Å². The molecule has 7 heteroatoms. The molecule has 0 amide bonds. The summed E-state index contributed by atoms with van der Waals surface area (Å²) < 4.78 is 23.7. The molecule has 0 aliphatic carbocycles. The van der Waals surface area contributed by atoms with Gasteiger partial charge in [0.25, 0.3) is 0 Å². The van der Waals surface area contributed by atoms with Gasteiger partial charge in [-0.2, -0.15) is 5.10 Å². The van der Waals surface area contributed by atoms with Crippen molar-refractivity contribution in [1.29, 1.82) is 0 Å². The highest BCUT2D eigenvalue weighted by atomic mass is 16.5. The van der Waals surface area contributed by atoms with Gasteiger partial charge in [-0.15, -0.1) is 0 Å². The van der Waals surface area contributed by atoms with Crippen LogP contribution >= 0.6 is 0 Å². The second kappa shape index (κ2) is 7.48. The number of ether oxygens (including phenoxy) is 3. The fourth-order valence-corrected chi connectivity index (χ4v) is 3.10. The summed E-state index contributed by atoms with van der Waals surface area (Å²) in [5, 5.41) is 4.29. The average molecular weight is 376 g/mol. The highest BCUT2D eigenvalue weighted by Crippen LogP contribution is 2.45. The number of furan rings is 1. The minimum Gasteiger partial charge on any atom is -0.493 e. The molecular weight excluding hydrogens is 358 g/mol. The van der Waals surface area contributed by atoms with Gasteiger partial charge in [-0.3, -0.25) is 0 Å². The summed E-state index contributed by atoms with van der Waals surface area (Å²) in [5.74, 6) is 2.32. The van der Waals surface area contributed by atoms with Gasteiger partial charge in [-0.1, -0.05) is 12.1 Å². The standard InChI is InChI=1S/C21H18N3O4/c1-25-19-9-8-16(20(26-2)21(19)27-3)15-7-6-14(18-5-4-10-28-18)11-17(15)24-13-22-12-23-24/h4-7,9-13H,1-3H3. The fraction of sp³-hybridized carbons (Fsp3) is 0.143. The maximum Gasteiger partial charge on any atom is 0.203 e. The molecule has 0 fully saturated rings. The molecule has 0 atom stereocenters. The molecule has 0 bridgehead atoms. The molecular formula is C21H18N3O4. The number of hydrogen-bond donors (Lipinski definition) is 0. The molecule has 141 valence electrons. The molecule has 28 heavy (non-hydrogen) atoms. The molecule has 0 saturated carbocycles. The van der Waals surface area contributed by atoms with Gasteiger partial charge in [0.15, 0.2) is 11.5 Å². The van der Waals surface area contributed by atoms with Crippen molar-refractivity contribution in [3.05, 3.63) is 61.4 Å². The maximum atomic E-state index is 5.64. The third kappa shape index (κ3) is 2.96. The van der Waals surface area contributed by atoms with Crippen LogP contribution in [0.3, 0.4) is 0 Å². The quantitative estimate of drug-likeness (QED) is 0.506. The molecule has 0 aliphatic heterocycles. The highest BCUT2D eigenvalue weighted by Gasteiger charge is 2.21. The van der Waals surface area contributed by atoms with Crippen molar-refractivity contribution < 1.29 is 18.6 Å². The van der Waals surface area contributed by atoms with Crippen molar-refractivity contribution in [3.63, 3.8) is 0 Å². The molecule has 0 N–H and O–H groups in total. The lowest BCUT2D eigenvalue weighted by atomic mass is 9.99. The van der Waals surface area contributed by atoms with Crippen molar-refractivity contribution in [2.75, 3.05) is 21.3 Å². The Bertz CT molecular complexity index is 1070. The van der Waals surface area contributed by atoms with Crippen LogP contribution in [-0.2, 0) is 0 Å². The van der Waals surface area contributed by atoms with E-state index in [1.54, 1.807) is 44.7 Å². The number of methoxy groups -OCH3 is 3. The first-order valence-corrected chi connectivity index (χ1v) is 8.50.